The van der Waals surface area contributed by atoms with Gasteiger partial charge in [-0.05, 0) is 0 Å². The van der Waals surface area contributed by atoms with Gasteiger partial charge in [0, 0.05) is 0 Å². The minimum atomic E-state index is -0.353. The monoisotopic (exact) mass is 478 g/mol. The zero-order valence-electron chi connectivity index (χ0n) is 17.9. The van der Waals surface area contributed by atoms with Crippen LogP contribution >= 0.6 is 0 Å². The molecule has 0 aliphatic heterocycles. The summed E-state index contributed by atoms with van der Waals surface area (Å²) in [4.78, 5) is 0. The van der Waals surface area contributed by atoms with Crippen molar-refractivity contribution >= 4 is 14.7 Å². The molecule has 0 N–H and O–H groups in total. The van der Waals surface area contributed by atoms with Crippen molar-refractivity contribution in [1.82, 2.24) is 0 Å². The standard InChI is InChI=1S/C22H33Si.3ClH.Ti/c1-8-9-10-11-20-13-21(12-14(20)2)23-22-18(6)16(4)15(3)17(5)19(22)7;;;;/h8-11,13,23H2,1-7H3;3*1H;/q;;;;+3/p-3. The van der Waals surface area contributed by atoms with E-state index in [0.717, 1.165) is 0 Å². The molecule has 5 heteroatoms. The Kier molecular flexibility index (Phi) is 14.2. The molecule has 0 saturated heterocycles. The van der Waals surface area contributed by atoms with Crippen LogP contribution in [0.4, 0.5) is 0 Å². The number of benzene rings is 1. The molecule has 0 radical (unpaired) electrons. The average Bonchev–Trinajstić information content (AvgIpc) is 2.83. The first-order valence-electron chi connectivity index (χ1n) is 9.47. The van der Waals surface area contributed by atoms with Crippen LogP contribution in [0.5, 0.6) is 0 Å². The van der Waals surface area contributed by atoms with Gasteiger partial charge in [0.05, 0.1) is 0 Å². The molecule has 0 nitrogen and oxygen atoms in total. The smallest absolute Gasteiger partial charge is 1.00 e. The molecule has 0 aromatic heterocycles. The number of allylic oxidation sites excluding steroid dienone is 4. The van der Waals surface area contributed by atoms with Gasteiger partial charge in [-0.1, -0.05) is 0 Å². The largest absolute Gasteiger partial charge is 1.00 e. The molecule has 2 rings (SSSR count). The number of unbranched alkanes of at least 4 members (excludes halogenated alkanes) is 2. The van der Waals surface area contributed by atoms with Gasteiger partial charge in [-0.25, -0.2) is 0 Å². The molecule has 1 aromatic carbocycles. The van der Waals surface area contributed by atoms with Crippen LogP contribution in [0, 0.1) is 34.6 Å². The molecular formula is C22H33Cl3SiTi. The third kappa shape index (κ3) is 6.49. The summed E-state index contributed by atoms with van der Waals surface area (Å²) in [7, 11) is -0.353. The van der Waals surface area contributed by atoms with Crippen molar-refractivity contribution in [3.8, 4) is 0 Å². The fourth-order valence-corrected chi connectivity index (χ4v) is 7.18. The van der Waals surface area contributed by atoms with Gasteiger partial charge in [-0.3, -0.25) is 0 Å². The average molecular weight is 480 g/mol. The summed E-state index contributed by atoms with van der Waals surface area (Å²) < 4.78 is 1.63. The molecule has 1 aliphatic carbocycles. The van der Waals surface area contributed by atoms with E-state index in [0.29, 0.717) is 0 Å². The minimum absolute atomic E-state index is 0. The van der Waals surface area contributed by atoms with Crippen molar-refractivity contribution < 1.29 is 57.7 Å². The van der Waals surface area contributed by atoms with E-state index in [4.69, 9.17) is 0 Å². The molecule has 0 bridgehead atoms. The maximum Gasteiger partial charge on any atom is -1.00 e. The molecule has 0 unspecified atom stereocenters. The van der Waals surface area contributed by atoms with E-state index in [1.807, 2.05) is 0 Å². The summed E-state index contributed by atoms with van der Waals surface area (Å²) in [5, 5.41) is 3.51. The molecular weight excluding hydrogens is 447 g/mol. The fourth-order valence-electron chi connectivity index (χ4n) is 3.99. The van der Waals surface area contributed by atoms with Gasteiger partial charge in [0.2, 0.25) is 0 Å². The zero-order chi connectivity index (χ0) is 18.0. The SMILES string of the molecule is CCCCCC1=C(C)[C]([Ti+3])=C([SiH2]c2c(C)c(C)c(C)c(C)c2C)C1.[Cl-].[Cl-].[Cl-]. The quantitative estimate of drug-likeness (QED) is 0.289. The first-order valence-corrected chi connectivity index (χ1v) is 11.7. The normalized spacial score (nSPS) is 13.8. The number of hydrogen-bond acceptors (Lipinski definition) is 0. The van der Waals surface area contributed by atoms with Crippen LogP contribution in [0.2, 0.25) is 0 Å². The van der Waals surface area contributed by atoms with Crippen LogP contribution in [-0.4, -0.2) is 9.52 Å². The fraction of sp³-hybridized carbons (Fsp3) is 0.545. The van der Waals surface area contributed by atoms with Crippen LogP contribution in [0.15, 0.2) is 20.2 Å². The van der Waals surface area contributed by atoms with Crippen LogP contribution in [0.25, 0.3) is 0 Å². The van der Waals surface area contributed by atoms with Crippen molar-refractivity contribution in [2.75, 3.05) is 0 Å². The summed E-state index contributed by atoms with van der Waals surface area (Å²) >= 11 is 2.38. The predicted molar refractivity (Wildman–Crippen MR) is 107 cm³/mol. The number of rotatable bonds is 6. The van der Waals surface area contributed by atoms with E-state index in [9.17, 15) is 0 Å². The molecule has 0 heterocycles. The summed E-state index contributed by atoms with van der Waals surface area (Å²) in [5.74, 6) is 0. The minimum Gasteiger partial charge on any atom is -1.00 e. The van der Waals surface area contributed by atoms with Gasteiger partial charge < -0.3 is 37.2 Å². The molecule has 1 aliphatic rings. The summed E-state index contributed by atoms with van der Waals surface area (Å²) in [6, 6.07) is 0. The predicted octanol–water partition coefficient (Wildman–Crippen LogP) is -3.91. The van der Waals surface area contributed by atoms with E-state index >= 15 is 0 Å². The third-order valence-electron chi connectivity index (χ3n) is 6.31. The van der Waals surface area contributed by atoms with Crippen LogP contribution in [0.1, 0.15) is 73.8 Å². The Labute approximate surface area is 199 Å². The number of hydrogen-bond donors (Lipinski definition) is 0. The van der Waals surface area contributed by atoms with Gasteiger partial charge in [-0.2, -0.15) is 0 Å². The first-order chi connectivity index (χ1) is 11.3. The summed E-state index contributed by atoms with van der Waals surface area (Å²) in [6.07, 6.45) is 6.65. The second-order valence-corrected chi connectivity index (χ2v) is 10.3. The summed E-state index contributed by atoms with van der Waals surface area (Å²) in [6.45, 7) is 16.3. The van der Waals surface area contributed by atoms with Gasteiger partial charge >= 0.3 is 164 Å². The van der Waals surface area contributed by atoms with Gasteiger partial charge in [0.25, 0.3) is 0 Å². The van der Waals surface area contributed by atoms with E-state index in [-0.39, 0.29) is 46.7 Å². The van der Waals surface area contributed by atoms with Crippen molar-refractivity contribution in [3.63, 3.8) is 0 Å². The van der Waals surface area contributed by atoms with E-state index < -0.39 is 0 Å². The van der Waals surface area contributed by atoms with Crippen LogP contribution in [0.3, 0.4) is 0 Å². The van der Waals surface area contributed by atoms with Gasteiger partial charge in [-0.15, -0.1) is 0 Å². The molecule has 1 aromatic rings. The summed E-state index contributed by atoms with van der Waals surface area (Å²) in [5.41, 5.74) is 11.0. The maximum atomic E-state index is 2.38. The van der Waals surface area contributed by atoms with E-state index in [2.05, 4.69) is 68.9 Å². The molecule has 0 amide bonds. The van der Waals surface area contributed by atoms with Crippen LogP contribution < -0.4 is 42.4 Å². The second kappa shape index (κ2) is 12.9. The zero-order valence-corrected chi connectivity index (χ0v) is 23.1. The molecule has 150 valence electrons. The van der Waals surface area contributed by atoms with Crippen LogP contribution in [-0.2, 0) is 20.4 Å². The Morgan fingerprint density at radius 3 is 1.74 bits per heavy atom. The molecule has 0 fully saturated rings. The van der Waals surface area contributed by atoms with Crippen molar-refractivity contribution in [3.05, 3.63) is 48.0 Å². The molecule has 0 atom stereocenters. The van der Waals surface area contributed by atoms with Crippen molar-refractivity contribution in [2.45, 2.75) is 80.6 Å². The topological polar surface area (TPSA) is 0 Å². The van der Waals surface area contributed by atoms with E-state index in [1.165, 1.54) is 48.8 Å². The Morgan fingerprint density at radius 2 is 1.26 bits per heavy atom. The Hall–Kier alpha value is 0.501. The van der Waals surface area contributed by atoms with Crippen molar-refractivity contribution in [1.29, 1.82) is 0 Å². The Balaban J connectivity index is 0. The third-order valence-corrected chi connectivity index (χ3v) is 10.4. The molecule has 27 heavy (non-hydrogen) atoms. The Bertz CT molecular complexity index is 692. The van der Waals surface area contributed by atoms with Gasteiger partial charge in [0.15, 0.2) is 0 Å². The van der Waals surface area contributed by atoms with Crippen molar-refractivity contribution in [2.24, 2.45) is 0 Å². The Morgan fingerprint density at radius 1 is 0.778 bits per heavy atom. The second-order valence-electron chi connectivity index (χ2n) is 7.62. The molecule has 0 spiro atoms. The van der Waals surface area contributed by atoms with E-state index in [1.54, 1.807) is 36.5 Å². The first kappa shape index (κ1) is 29.7. The maximum absolute atomic E-state index is 2.38. The van der Waals surface area contributed by atoms with Gasteiger partial charge in [0.1, 0.15) is 0 Å². The molecule has 0 saturated carbocycles. The number of halogens is 3.